The van der Waals surface area contributed by atoms with Crippen molar-refractivity contribution in [2.24, 2.45) is 0 Å². The van der Waals surface area contributed by atoms with E-state index in [0.717, 1.165) is 32.1 Å². The minimum atomic E-state index is -0.464. The zero-order chi connectivity index (χ0) is 12.0. The molecule has 0 bridgehead atoms. The number of hydrogen-bond acceptors (Lipinski definition) is 3. The molecule has 0 unspecified atom stereocenters. The molecular formula is C11H20N2O3. The van der Waals surface area contributed by atoms with Crippen molar-refractivity contribution in [3.8, 4) is 0 Å². The first-order valence-corrected chi connectivity index (χ1v) is 5.74. The Morgan fingerprint density at radius 3 is 2.38 bits per heavy atom. The van der Waals surface area contributed by atoms with Crippen LogP contribution in [0.4, 0.5) is 0 Å². The highest BCUT2D eigenvalue weighted by atomic mass is 16.3. The van der Waals surface area contributed by atoms with Crippen LogP contribution in [0.3, 0.4) is 0 Å². The van der Waals surface area contributed by atoms with Gasteiger partial charge in [-0.15, -0.1) is 0 Å². The summed E-state index contributed by atoms with van der Waals surface area (Å²) in [6.45, 7) is 1.32. The molecule has 0 saturated heterocycles. The average molecular weight is 228 g/mol. The number of amides is 2. The van der Waals surface area contributed by atoms with Gasteiger partial charge < -0.3 is 15.7 Å². The summed E-state index contributed by atoms with van der Waals surface area (Å²) in [5.74, 6) is -0.456. The van der Waals surface area contributed by atoms with Gasteiger partial charge in [-0.25, -0.2) is 0 Å². The van der Waals surface area contributed by atoms with Gasteiger partial charge in [0.1, 0.15) is 0 Å². The standard InChI is InChI=1S/C11H20N2O3/c1-9(15)12-7-10(16)13-11(8-14)5-3-2-4-6-11/h14H,2-8H2,1H3,(H,12,15)(H,13,16). The number of carbonyl (C=O) groups is 2. The zero-order valence-corrected chi connectivity index (χ0v) is 9.71. The average Bonchev–Trinajstić information content (AvgIpc) is 2.28. The molecule has 1 aliphatic rings. The van der Waals surface area contributed by atoms with E-state index in [0.29, 0.717) is 0 Å². The lowest BCUT2D eigenvalue weighted by molar-refractivity contribution is -0.127. The van der Waals surface area contributed by atoms with Gasteiger partial charge in [-0.2, -0.15) is 0 Å². The Balaban J connectivity index is 2.42. The summed E-state index contributed by atoms with van der Waals surface area (Å²) in [6, 6.07) is 0. The first-order chi connectivity index (χ1) is 7.58. The van der Waals surface area contributed by atoms with E-state index in [-0.39, 0.29) is 25.0 Å². The summed E-state index contributed by atoms with van der Waals surface area (Å²) in [5, 5.41) is 14.6. The van der Waals surface area contributed by atoms with Crippen molar-refractivity contribution in [1.29, 1.82) is 0 Å². The fourth-order valence-electron chi connectivity index (χ4n) is 2.10. The summed E-state index contributed by atoms with van der Waals surface area (Å²) in [4.78, 5) is 22.2. The molecule has 1 saturated carbocycles. The maximum Gasteiger partial charge on any atom is 0.239 e. The van der Waals surface area contributed by atoms with Crippen molar-refractivity contribution < 1.29 is 14.7 Å². The van der Waals surface area contributed by atoms with Crippen LogP contribution < -0.4 is 10.6 Å². The van der Waals surface area contributed by atoms with Gasteiger partial charge in [0.15, 0.2) is 0 Å². The van der Waals surface area contributed by atoms with Crippen LogP contribution in [-0.4, -0.2) is 35.6 Å². The molecule has 92 valence electrons. The van der Waals surface area contributed by atoms with E-state index >= 15 is 0 Å². The van der Waals surface area contributed by atoms with Crippen LogP contribution in [-0.2, 0) is 9.59 Å². The highest BCUT2D eigenvalue weighted by Gasteiger charge is 2.32. The molecule has 0 spiro atoms. The quantitative estimate of drug-likeness (QED) is 0.630. The number of nitrogens with one attached hydrogen (secondary N) is 2. The van der Waals surface area contributed by atoms with Crippen LogP contribution in [0, 0.1) is 0 Å². The predicted molar refractivity (Wildman–Crippen MR) is 59.7 cm³/mol. The number of hydrogen-bond donors (Lipinski definition) is 3. The molecular weight excluding hydrogens is 208 g/mol. The van der Waals surface area contributed by atoms with E-state index < -0.39 is 5.54 Å². The minimum Gasteiger partial charge on any atom is -0.394 e. The Morgan fingerprint density at radius 2 is 1.88 bits per heavy atom. The topological polar surface area (TPSA) is 78.4 Å². The summed E-state index contributed by atoms with van der Waals surface area (Å²) >= 11 is 0. The second-order valence-corrected chi connectivity index (χ2v) is 4.46. The Bertz CT molecular complexity index is 260. The zero-order valence-electron chi connectivity index (χ0n) is 9.71. The molecule has 0 aromatic heterocycles. The van der Waals surface area contributed by atoms with E-state index in [4.69, 9.17) is 0 Å². The summed E-state index contributed by atoms with van der Waals surface area (Å²) in [6.07, 6.45) is 4.84. The van der Waals surface area contributed by atoms with Crippen molar-refractivity contribution in [3.05, 3.63) is 0 Å². The lowest BCUT2D eigenvalue weighted by atomic mass is 9.82. The molecule has 3 N–H and O–H groups in total. The lowest BCUT2D eigenvalue weighted by Crippen LogP contribution is -2.54. The van der Waals surface area contributed by atoms with Crippen LogP contribution >= 0.6 is 0 Å². The van der Waals surface area contributed by atoms with Crippen LogP contribution in [0.5, 0.6) is 0 Å². The molecule has 0 heterocycles. The molecule has 0 radical (unpaired) electrons. The molecule has 0 aromatic rings. The Kier molecular flexibility index (Phi) is 4.73. The van der Waals surface area contributed by atoms with E-state index in [1.165, 1.54) is 6.92 Å². The second kappa shape index (κ2) is 5.84. The molecule has 0 aromatic carbocycles. The first kappa shape index (κ1) is 13.0. The third-order valence-corrected chi connectivity index (χ3v) is 3.02. The van der Waals surface area contributed by atoms with Crippen molar-refractivity contribution >= 4 is 11.8 Å². The normalized spacial score (nSPS) is 18.9. The SMILES string of the molecule is CC(=O)NCC(=O)NC1(CO)CCCCC1. The van der Waals surface area contributed by atoms with Gasteiger partial charge in [-0.3, -0.25) is 9.59 Å². The van der Waals surface area contributed by atoms with Crippen molar-refractivity contribution in [3.63, 3.8) is 0 Å². The summed E-state index contributed by atoms with van der Waals surface area (Å²) < 4.78 is 0. The van der Waals surface area contributed by atoms with E-state index in [2.05, 4.69) is 10.6 Å². The van der Waals surface area contributed by atoms with Crippen molar-refractivity contribution in [2.75, 3.05) is 13.2 Å². The third-order valence-electron chi connectivity index (χ3n) is 3.02. The van der Waals surface area contributed by atoms with Crippen molar-refractivity contribution in [1.82, 2.24) is 10.6 Å². The summed E-state index contributed by atoms with van der Waals surface area (Å²) in [5.41, 5.74) is -0.464. The molecule has 5 heteroatoms. The molecule has 2 amide bonds. The summed E-state index contributed by atoms with van der Waals surface area (Å²) in [7, 11) is 0. The number of aliphatic hydroxyl groups excluding tert-OH is 1. The highest BCUT2D eigenvalue weighted by molar-refractivity contribution is 5.84. The van der Waals surface area contributed by atoms with E-state index in [9.17, 15) is 14.7 Å². The van der Waals surface area contributed by atoms with E-state index in [1.807, 2.05) is 0 Å². The van der Waals surface area contributed by atoms with Gasteiger partial charge in [0.05, 0.1) is 18.7 Å². The molecule has 1 fully saturated rings. The monoisotopic (exact) mass is 228 g/mol. The van der Waals surface area contributed by atoms with Gasteiger partial charge in [-0.1, -0.05) is 19.3 Å². The van der Waals surface area contributed by atoms with Crippen LogP contribution in [0.1, 0.15) is 39.0 Å². The van der Waals surface area contributed by atoms with Crippen LogP contribution in [0.25, 0.3) is 0 Å². The van der Waals surface area contributed by atoms with Gasteiger partial charge in [0.2, 0.25) is 11.8 Å². The number of carbonyl (C=O) groups excluding carboxylic acids is 2. The maximum absolute atomic E-state index is 11.5. The molecule has 1 aliphatic carbocycles. The van der Waals surface area contributed by atoms with Crippen LogP contribution in [0.15, 0.2) is 0 Å². The Morgan fingerprint density at radius 1 is 1.25 bits per heavy atom. The highest BCUT2D eigenvalue weighted by Crippen LogP contribution is 2.27. The third kappa shape index (κ3) is 3.81. The molecule has 1 rings (SSSR count). The number of rotatable bonds is 4. The molecule has 5 nitrogen and oxygen atoms in total. The largest absolute Gasteiger partial charge is 0.394 e. The fraction of sp³-hybridized carbons (Fsp3) is 0.818. The first-order valence-electron chi connectivity index (χ1n) is 5.74. The predicted octanol–water partition coefficient (Wildman–Crippen LogP) is -0.0661. The van der Waals surface area contributed by atoms with E-state index in [1.54, 1.807) is 0 Å². The van der Waals surface area contributed by atoms with Crippen molar-refractivity contribution in [2.45, 2.75) is 44.6 Å². The fourth-order valence-corrected chi connectivity index (χ4v) is 2.10. The van der Waals surface area contributed by atoms with Gasteiger partial charge in [0, 0.05) is 6.92 Å². The van der Waals surface area contributed by atoms with Gasteiger partial charge in [-0.05, 0) is 12.8 Å². The Hall–Kier alpha value is -1.10. The Labute approximate surface area is 95.6 Å². The smallest absolute Gasteiger partial charge is 0.239 e. The second-order valence-electron chi connectivity index (χ2n) is 4.46. The lowest BCUT2D eigenvalue weighted by Gasteiger charge is -2.36. The molecule has 0 aliphatic heterocycles. The molecule has 16 heavy (non-hydrogen) atoms. The molecule has 0 atom stereocenters. The maximum atomic E-state index is 11.5. The number of aliphatic hydroxyl groups is 1. The van der Waals surface area contributed by atoms with Gasteiger partial charge >= 0.3 is 0 Å². The van der Waals surface area contributed by atoms with Crippen LogP contribution in [0.2, 0.25) is 0 Å². The van der Waals surface area contributed by atoms with Gasteiger partial charge in [0.25, 0.3) is 0 Å². The minimum absolute atomic E-state index is 0.0168.